The molecule has 1 aliphatic carbocycles. The third-order valence-corrected chi connectivity index (χ3v) is 9.26. The number of benzene rings is 3. The summed E-state index contributed by atoms with van der Waals surface area (Å²) in [6.07, 6.45) is 5.80. The minimum atomic E-state index is -0.346. The topological polar surface area (TPSA) is 79.4 Å². The number of anilines is 1. The fourth-order valence-corrected chi connectivity index (χ4v) is 6.32. The molecule has 0 aromatic heterocycles. The van der Waals surface area contributed by atoms with E-state index in [4.69, 9.17) is 9.47 Å². The molecule has 3 fully saturated rings. The first kappa shape index (κ1) is 30.4. The Morgan fingerprint density at radius 3 is 2.14 bits per heavy atom. The molecule has 0 atom stereocenters. The molecule has 0 radical (unpaired) electrons. The van der Waals surface area contributed by atoms with Crippen molar-refractivity contribution < 1.29 is 23.9 Å². The molecule has 6 rings (SSSR count). The van der Waals surface area contributed by atoms with Gasteiger partial charge in [-0.1, -0.05) is 28.1 Å². The summed E-state index contributed by atoms with van der Waals surface area (Å²) >= 11 is 4.34. The van der Waals surface area contributed by atoms with Crippen molar-refractivity contribution in [2.75, 3.05) is 44.2 Å². The highest BCUT2D eigenvalue weighted by Crippen LogP contribution is 2.36. The molecule has 3 aliphatic rings. The van der Waals surface area contributed by atoms with E-state index in [1.807, 2.05) is 53.4 Å². The van der Waals surface area contributed by atoms with Crippen LogP contribution in [0.2, 0.25) is 0 Å². The molecule has 0 N–H and O–H groups in total. The van der Waals surface area contributed by atoms with Gasteiger partial charge in [0, 0.05) is 36.6 Å². The van der Waals surface area contributed by atoms with Crippen LogP contribution in [0.5, 0.6) is 17.2 Å². The van der Waals surface area contributed by atoms with Gasteiger partial charge >= 0.3 is 0 Å². The largest absolute Gasteiger partial charge is 0.494 e. The molecule has 228 valence electrons. The molecule has 1 saturated carbocycles. The molecular weight excluding hydrogens is 642 g/mol. The van der Waals surface area contributed by atoms with Gasteiger partial charge in [0.25, 0.3) is 11.1 Å². The molecule has 44 heavy (non-hydrogen) atoms. The first-order valence-electron chi connectivity index (χ1n) is 15.0. The Hall–Kier alpha value is -3.60. The monoisotopic (exact) mass is 675 g/mol. The molecular formula is C34H34BrN3O5S. The zero-order valence-corrected chi connectivity index (χ0v) is 26.7. The zero-order valence-electron chi connectivity index (χ0n) is 24.3. The highest BCUT2D eigenvalue weighted by molar-refractivity contribution is 9.10. The number of carbonyl (C=O) groups is 3. The summed E-state index contributed by atoms with van der Waals surface area (Å²) in [7, 11) is 0. The van der Waals surface area contributed by atoms with Crippen LogP contribution >= 0.6 is 27.7 Å². The molecule has 3 amide bonds. The van der Waals surface area contributed by atoms with E-state index in [0.717, 1.165) is 86.0 Å². The highest BCUT2D eigenvalue weighted by atomic mass is 79.9. The average Bonchev–Trinajstić information content (AvgIpc) is 3.85. The Kier molecular flexibility index (Phi) is 9.69. The third-order valence-electron chi connectivity index (χ3n) is 7.86. The number of halogens is 1. The highest BCUT2D eigenvalue weighted by Gasteiger charge is 2.36. The van der Waals surface area contributed by atoms with Crippen molar-refractivity contribution in [1.82, 2.24) is 9.80 Å². The van der Waals surface area contributed by atoms with Crippen LogP contribution in [0, 0.1) is 5.92 Å². The number of piperazine rings is 1. The van der Waals surface area contributed by atoms with Gasteiger partial charge in [-0.3, -0.25) is 19.3 Å². The van der Waals surface area contributed by atoms with E-state index in [2.05, 4.69) is 20.8 Å². The van der Waals surface area contributed by atoms with Crippen molar-refractivity contribution in [2.24, 2.45) is 5.92 Å². The van der Waals surface area contributed by atoms with Crippen molar-refractivity contribution in [2.45, 2.75) is 25.7 Å². The molecule has 2 saturated heterocycles. The van der Waals surface area contributed by atoms with E-state index in [1.54, 1.807) is 30.3 Å². The summed E-state index contributed by atoms with van der Waals surface area (Å²) in [6.45, 7) is 5.16. The van der Waals surface area contributed by atoms with Gasteiger partial charge in [0.05, 0.1) is 17.2 Å². The van der Waals surface area contributed by atoms with E-state index in [-0.39, 0.29) is 11.1 Å². The van der Waals surface area contributed by atoms with Crippen molar-refractivity contribution in [1.29, 1.82) is 0 Å². The predicted octanol–water partition coefficient (Wildman–Crippen LogP) is 7.20. The number of hydrogen-bond donors (Lipinski definition) is 0. The van der Waals surface area contributed by atoms with Gasteiger partial charge in [-0.15, -0.1) is 0 Å². The first-order chi connectivity index (χ1) is 21.4. The summed E-state index contributed by atoms with van der Waals surface area (Å²) in [6, 6.07) is 22.0. The molecule has 2 aliphatic heterocycles. The maximum Gasteiger partial charge on any atom is 0.298 e. The van der Waals surface area contributed by atoms with Crippen LogP contribution in [-0.4, -0.2) is 66.2 Å². The van der Waals surface area contributed by atoms with E-state index in [9.17, 15) is 14.4 Å². The van der Waals surface area contributed by atoms with Crippen molar-refractivity contribution in [3.05, 3.63) is 87.7 Å². The molecule has 0 bridgehead atoms. The van der Waals surface area contributed by atoms with Crippen molar-refractivity contribution in [3.8, 4) is 17.2 Å². The van der Waals surface area contributed by atoms with Crippen molar-refractivity contribution in [3.63, 3.8) is 0 Å². The number of thioether (sulfide) groups is 1. The molecule has 8 nitrogen and oxygen atoms in total. The lowest BCUT2D eigenvalue weighted by Crippen LogP contribution is -2.49. The molecule has 3 aromatic rings. The molecule has 0 spiro atoms. The van der Waals surface area contributed by atoms with E-state index in [1.165, 1.54) is 4.90 Å². The minimum absolute atomic E-state index is 0.302. The van der Waals surface area contributed by atoms with Gasteiger partial charge < -0.3 is 14.4 Å². The molecule has 3 aromatic carbocycles. The van der Waals surface area contributed by atoms with Crippen LogP contribution in [0.15, 0.2) is 82.2 Å². The number of carbonyl (C=O) groups excluding carboxylic acids is 3. The quantitative estimate of drug-likeness (QED) is 0.157. The normalized spacial score (nSPS) is 18.2. The lowest BCUT2D eigenvalue weighted by atomic mass is 10.2. The zero-order chi connectivity index (χ0) is 30.5. The fourth-order valence-electron chi connectivity index (χ4n) is 5.21. The van der Waals surface area contributed by atoms with Crippen molar-refractivity contribution >= 4 is 56.5 Å². The number of nitrogens with zero attached hydrogens (tertiary/aromatic N) is 3. The molecule has 10 heteroatoms. The number of ether oxygens (including phenoxy) is 2. The van der Waals surface area contributed by atoms with Crippen LogP contribution in [0.1, 0.15) is 31.2 Å². The second-order valence-corrected chi connectivity index (χ2v) is 13.0. The Morgan fingerprint density at radius 2 is 1.48 bits per heavy atom. The number of rotatable bonds is 11. The predicted molar refractivity (Wildman–Crippen MR) is 176 cm³/mol. The number of amides is 3. The van der Waals surface area contributed by atoms with E-state index >= 15 is 0 Å². The van der Waals surface area contributed by atoms with E-state index in [0.29, 0.717) is 40.5 Å². The summed E-state index contributed by atoms with van der Waals surface area (Å²) in [5.41, 5.74) is 1.31. The summed E-state index contributed by atoms with van der Waals surface area (Å²) < 4.78 is 12.8. The van der Waals surface area contributed by atoms with Gasteiger partial charge in [-0.05, 0) is 116 Å². The standard InChI is InChI=1S/C34H34BrN3O5S/c35-26-7-13-30(14-8-26)43-29-11-3-24(4-12-29)23-31-33(40)38(34(41)44-31)27-9-15-28(16-10-27)42-22-2-1-17-36-18-20-37(21-19-36)32(39)25-5-6-25/h3-4,7-16,23,25H,1-2,5-6,17-22H2. The maximum atomic E-state index is 13.1. The lowest BCUT2D eigenvalue weighted by molar-refractivity contribution is -0.134. The lowest BCUT2D eigenvalue weighted by Gasteiger charge is -2.34. The van der Waals surface area contributed by atoms with Gasteiger partial charge in [-0.25, -0.2) is 4.90 Å². The van der Waals surface area contributed by atoms with Gasteiger partial charge in [0.1, 0.15) is 17.2 Å². The summed E-state index contributed by atoms with van der Waals surface area (Å²) in [4.78, 5) is 44.1. The van der Waals surface area contributed by atoms with E-state index < -0.39 is 0 Å². The molecule has 0 unspecified atom stereocenters. The summed E-state index contributed by atoms with van der Waals surface area (Å²) in [5, 5.41) is -0.331. The van der Waals surface area contributed by atoms with Gasteiger partial charge in [-0.2, -0.15) is 0 Å². The number of imide groups is 1. The van der Waals surface area contributed by atoms with Crippen LogP contribution < -0.4 is 14.4 Å². The Labute approximate surface area is 270 Å². The van der Waals surface area contributed by atoms with Gasteiger partial charge in [0.15, 0.2) is 0 Å². The average molecular weight is 677 g/mol. The Morgan fingerprint density at radius 1 is 0.841 bits per heavy atom. The second-order valence-electron chi connectivity index (χ2n) is 11.1. The summed E-state index contributed by atoms with van der Waals surface area (Å²) in [5.74, 6) is 2.41. The Bertz CT molecular complexity index is 1520. The Balaban J connectivity index is 0.942. The van der Waals surface area contributed by atoms with Crippen LogP contribution in [0.25, 0.3) is 6.08 Å². The fraction of sp³-hybridized carbons (Fsp3) is 0.324. The maximum absolute atomic E-state index is 13.1. The van der Waals surface area contributed by atoms with Crippen LogP contribution in [0.4, 0.5) is 10.5 Å². The first-order valence-corrected chi connectivity index (χ1v) is 16.6. The third kappa shape index (κ3) is 7.72. The van der Waals surface area contributed by atoms with Gasteiger partial charge in [0.2, 0.25) is 5.91 Å². The SMILES string of the molecule is O=C(C1CC1)N1CCN(CCCCOc2ccc(N3C(=O)SC(=Cc4ccc(Oc5ccc(Br)cc5)cc4)C3=O)cc2)CC1. The number of hydrogen-bond acceptors (Lipinski definition) is 7. The second kappa shape index (κ2) is 14.0. The number of unbranched alkanes of at least 4 members (excludes halogenated alkanes) is 1. The van der Waals surface area contributed by atoms with Crippen LogP contribution in [-0.2, 0) is 9.59 Å². The minimum Gasteiger partial charge on any atom is -0.494 e. The van der Waals surface area contributed by atoms with Crippen LogP contribution in [0.3, 0.4) is 0 Å². The molecule has 2 heterocycles. The smallest absolute Gasteiger partial charge is 0.298 e.